The molecule has 4 aromatic rings. The molecule has 14 heteroatoms. The summed E-state index contributed by atoms with van der Waals surface area (Å²) in [7, 11) is 0. The van der Waals surface area contributed by atoms with Crippen LogP contribution in [0.5, 0.6) is 5.75 Å². The summed E-state index contributed by atoms with van der Waals surface area (Å²) in [5.74, 6) is -4.84. The van der Waals surface area contributed by atoms with Gasteiger partial charge in [-0.15, -0.1) is 13.2 Å². The van der Waals surface area contributed by atoms with Crippen molar-refractivity contribution in [2.24, 2.45) is 0 Å². The first-order chi connectivity index (χ1) is 19.8. The largest absolute Gasteiger partial charge is 0.573 e. The van der Waals surface area contributed by atoms with Crippen molar-refractivity contribution in [1.29, 1.82) is 0 Å². The molecule has 0 saturated heterocycles. The number of amides is 2. The van der Waals surface area contributed by atoms with E-state index in [0.29, 0.717) is 18.4 Å². The lowest BCUT2D eigenvalue weighted by Gasteiger charge is -2.16. The first-order valence-corrected chi connectivity index (χ1v) is 12.6. The molecule has 0 unspecified atom stereocenters. The second-order valence-corrected chi connectivity index (χ2v) is 9.68. The number of alkyl halides is 3. The number of ether oxygens (including phenoxy) is 1. The van der Waals surface area contributed by atoms with Crippen molar-refractivity contribution in [3.63, 3.8) is 0 Å². The molecule has 9 nitrogen and oxygen atoms in total. The smallest absolute Gasteiger partial charge is 0.403 e. The monoisotopic (exact) mass is 587 g/mol. The second kappa shape index (κ2) is 10.8. The molecular formula is C28H22F5N5O4. The summed E-state index contributed by atoms with van der Waals surface area (Å²) in [6.45, 7) is 2.97. The van der Waals surface area contributed by atoms with Crippen LogP contribution in [0.15, 0.2) is 42.6 Å². The van der Waals surface area contributed by atoms with Crippen molar-refractivity contribution in [3.05, 3.63) is 93.4 Å². The Morgan fingerprint density at radius 1 is 1.07 bits per heavy atom. The summed E-state index contributed by atoms with van der Waals surface area (Å²) < 4.78 is 70.4. The number of halogens is 5. The lowest BCUT2D eigenvalue weighted by molar-refractivity contribution is -0.275. The third-order valence-corrected chi connectivity index (χ3v) is 6.95. The summed E-state index contributed by atoms with van der Waals surface area (Å²) >= 11 is 0. The number of Topliss-reactive ketones (excluding diaryl/α,β-unsaturated/α-hetero) is 1. The average Bonchev–Trinajstić information content (AvgIpc) is 3.51. The Morgan fingerprint density at radius 2 is 1.83 bits per heavy atom. The van der Waals surface area contributed by atoms with Crippen LogP contribution >= 0.6 is 0 Å². The molecule has 42 heavy (non-hydrogen) atoms. The van der Waals surface area contributed by atoms with Crippen LogP contribution in [-0.4, -0.2) is 38.6 Å². The van der Waals surface area contributed by atoms with E-state index in [4.69, 9.17) is 0 Å². The summed E-state index contributed by atoms with van der Waals surface area (Å²) in [4.78, 5) is 42.2. The maximum atomic E-state index is 14.5. The predicted molar refractivity (Wildman–Crippen MR) is 137 cm³/mol. The summed E-state index contributed by atoms with van der Waals surface area (Å²) in [6.07, 6.45) is -3.11. The number of rotatable bonds is 7. The van der Waals surface area contributed by atoms with Crippen molar-refractivity contribution >= 4 is 23.2 Å². The van der Waals surface area contributed by atoms with Gasteiger partial charge in [-0.25, -0.2) is 18.3 Å². The van der Waals surface area contributed by atoms with Gasteiger partial charge < -0.3 is 15.4 Å². The number of carbonyl (C=O) groups excluding carboxylic acids is 3. The second-order valence-electron chi connectivity index (χ2n) is 9.68. The lowest BCUT2D eigenvalue weighted by Crippen LogP contribution is -2.30. The van der Waals surface area contributed by atoms with E-state index in [1.807, 2.05) is 6.92 Å². The maximum Gasteiger partial charge on any atom is 0.573 e. The molecule has 5 rings (SSSR count). The molecule has 1 aliphatic rings. The van der Waals surface area contributed by atoms with Gasteiger partial charge in [0, 0.05) is 18.2 Å². The Balaban J connectivity index is 1.37. The van der Waals surface area contributed by atoms with Crippen LogP contribution in [-0.2, 0) is 13.0 Å². The molecular weight excluding hydrogens is 565 g/mol. The van der Waals surface area contributed by atoms with Gasteiger partial charge in [-0.3, -0.25) is 14.4 Å². The van der Waals surface area contributed by atoms with Crippen LogP contribution in [0.4, 0.5) is 22.0 Å². The van der Waals surface area contributed by atoms with E-state index in [2.05, 4.69) is 25.5 Å². The quantitative estimate of drug-likeness (QED) is 0.238. The molecule has 1 atom stereocenters. The highest BCUT2D eigenvalue weighted by Gasteiger charge is 2.33. The fraction of sp³-hybridized carbons (Fsp3) is 0.250. The van der Waals surface area contributed by atoms with Crippen LogP contribution in [0.2, 0.25) is 0 Å². The maximum absolute atomic E-state index is 14.5. The minimum Gasteiger partial charge on any atom is -0.403 e. The van der Waals surface area contributed by atoms with Crippen molar-refractivity contribution in [1.82, 2.24) is 25.2 Å². The lowest BCUT2D eigenvalue weighted by atomic mass is 9.96. The van der Waals surface area contributed by atoms with Gasteiger partial charge in [-0.1, -0.05) is 18.2 Å². The zero-order valence-electron chi connectivity index (χ0n) is 22.1. The van der Waals surface area contributed by atoms with Gasteiger partial charge in [0.05, 0.1) is 12.2 Å². The highest BCUT2D eigenvalue weighted by Crippen LogP contribution is 2.35. The number of fused-ring (bicyclic) bond motifs is 2. The van der Waals surface area contributed by atoms with E-state index in [1.165, 1.54) is 6.92 Å². The molecule has 1 aliphatic carbocycles. The topological polar surface area (TPSA) is 115 Å². The van der Waals surface area contributed by atoms with Crippen molar-refractivity contribution < 1.29 is 41.1 Å². The number of hydrogen-bond donors (Lipinski definition) is 2. The third kappa shape index (κ3) is 5.64. The van der Waals surface area contributed by atoms with Crippen LogP contribution in [0.25, 0.3) is 5.65 Å². The minimum atomic E-state index is -5.12. The first-order valence-electron chi connectivity index (χ1n) is 12.6. The van der Waals surface area contributed by atoms with Gasteiger partial charge in [0.25, 0.3) is 11.8 Å². The number of nitrogens with one attached hydrogen (secondary N) is 2. The Hall–Kier alpha value is -4.88. The van der Waals surface area contributed by atoms with Crippen LogP contribution < -0.4 is 15.4 Å². The van der Waals surface area contributed by atoms with E-state index in [0.717, 1.165) is 51.7 Å². The third-order valence-electron chi connectivity index (χ3n) is 6.95. The normalized spacial score (nSPS) is 14.5. The Kier molecular flexibility index (Phi) is 7.39. The van der Waals surface area contributed by atoms with Crippen LogP contribution in [0.1, 0.15) is 73.0 Å². The predicted octanol–water partition coefficient (Wildman–Crippen LogP) is 4.76. The van der Waals surface area contributed by atoms with E-state index < -0.39 is 47.2 Å². The standard InChI is InChI=1S/C28H22F5N5O4/c1-13-16(14(2)39)4-5-18-17(13)6-8-21(18)37-27(41)23-10-22(36-25-20(30)12-35-38(23)25)26(40)34-11-15-3-7-19(29)24(9-15)42-28(31,32)33/h3-5,7,9-10,12,21H,6,8,11H2,1-2H3,(H,34,40)(H,37,41)/t21-/m0/s1. The number of ketones is 1. The number of carbonyl (C=O) groups is 3. The molecule has 0 saturated carbocycles. The fourth-order valence-electron chi connectivity index (χ4n) is 4.99. The van der Waals surface area contributed by atoms with Gasteiger partial charge in [0.2, 0.25) is 0 Å². The molecule has 2 N–H and O–H groups in total. The van der Waals surface area contributed by atoms with E-state index in [1.54, 1.807) is 12.1 Å². The zero-order valence-corrected chi connectivity index (χ0v) is 22.1. The van der Waals surface area contributed by atoms with Gasteiger partial charge in [-0.2, -0.15) is 5.10 Å². The molecule has 2 amide bonds. The molecule has 0 spiro atoms. The Labute approximate surface area is 234 Å². The zero-order chi connectivity index (χ0) is 30.3. The summed E-state index contributed by atoms with van der Waals surface area (Å²) in [5.41, 5.74) is 2.36. The number of benzene rings is 2. The highest BCUT2D eigenvalue weighted by molar-refractivity contribution is 5.99. The van der Waals surface area contributed by atoms with Crippen molar-refractivity contribution in [2.75, 3.05) is 0 Å². The van der Waals surface area contributed by atoms with E-state index >= 15 is 0 Å². The van der Waals surface area contributed by atoms with Crippen molar-refractivity contribution in [3.8, 4) is 5.75 Å². The Morgan fingerprint density at radius 3 is 2.55 bits per heavy atom. The molecule has 2 aromatic carbocycles. The van der Waals surface area contributed by atoms with Gasteiger partial charge in [0.15, 0.2) is 28.8 Å². The molecule has 2 heterocycles. The molecule has 218 valence electrons. The molecule has 0 fully saturated rings. The average molecular weight is 588 g/mol. The van der Waals surface area contributed by atoms with Gasteiger partial charge in [-0.05, 0) is 61.1 Å². The van der Waals surface area contributed by atoms with Gasteiger partial charge >= 0.3 is 6.36 Å². The first kappa shape index (κ1) is 28.6. The number of nitrogens with zero attached hydrogens (tertiary/aromatic N) is 3. The van der Waals surface area contributed by atoms with Gasteiger partial charge in [0.1, 0.15) is 11.4 Å². The van der Waals surface area contributed by atoms with E-state index in [-0.39, 0.29) is 29.3 Å². The van der Waals surface area contributed by atoms with Crippen LogP contribution in [0, 0.1) is 18.6 Å². The van der Waals surface area contributed by atoms with Crippen molar-refractivity contribution in [2.45, 2.75) is 45.6 Å². The number of hydrogen-bond acceptors (Lipinski definition) is 6. The van der Waals surface area contributed by atoms with Crippen LogP contribution in [0.3, 0.4) is 0 Å². The Bertz CT molecular complexity index is 1750. The summed E-state index contributed by atoms with van der Waals surface area (Å²) in [5, 5.41) is 9.13. The molecule has 0 radical (unpaired) electrons. The molecule has 2 aromatic heterocycles. The fourth-order valence-corrected chi connectivity index (χ4v) is 4.99. The number of aromatic nitrogens is 3. The molecule has 0 bridgehead atoms. The highest BCUT2D eigenvalue weighted by atomic mass is 19.4. The van der Waals surface area contributed by atoms with E-state index in [9.17, 15) is 36.3 Å². The molecule has 0 aliphatic heterocycles. The SMILES string of the molecule is CC(=O)c1ccc2c(c1C)CC[C@@H]2NC(=O)c1cc(C(=O)NCc2ccc(F)c(OC(F)(F)F)c2)nc2c(F)cnn12. The summed E-state index contributed by atoms with van der Waals surface area (Å²) in [6, 6.07) is 6.84. The minimum absolute atomic E-state index is 0.0667.